The average molecular weight is 384 g/mol. The first kappa shape index (κ1) is 19.1. The number of thioether (sulfide) groups is 1. The van der Waals surface area contributed by atoms with Crippen molar-refractivity contribution in [2.24, 2.45) is 0 Å². The number of rotatable bonds is 7. The molecule has 0 bridgehead atoms. The number of hydrogen-bond acceptors (Lipinski definition) is 6. The van der Waals surface area contributed by atoms with Crippen LogP contribution in [0.4, 0.5) is 0 Å². The Bertz CT molecular complexity index is 865. The van der Waals surface area contributed by atoms with E-state index in [9.17, 15) is 10.1 Å². The molecule has 6 nitrogen and oxygen atoms in total. The van der Waals surface area contributed by atoms with Crippen LogP contribution in [0.3, 0.4) is 0 Å². The molecule has 0 amide bonds. The van der Waals surface area contributed by atoms with Crippen molar-refractivity contribution < 1.29 is 19.4 Å². The Morgan fingerprint density at radius 1 is 1.30 bits per heavy atom. The van der Waals surface area contributed by atoms with Gasteiger partial charge in [0.25, 0.3) is 0 Å². The highest BCUT2D eigenvalue weighted by molar-refractivity contribution is 8.01. The van der Waals surface area contributed by atoms with E-state index in [1.54, 1.807) is 6.07 Å². The van der Waals surface area contributed by atoms with Crippen LogP contribution in [0.5, 0.6) is 11.5 Å². The lowest BCUT2D eigenvalue weighted by atomic mass is 10.1. The summed E-state index contributed by atoms with van der Waals surface area (Å²) in [6, 6.07) is 15.1. The highest BCUT2D eigenvalue weighted by atomic mass is 32.2. The van der Waals surface area contributed by atoms with Crippen LogP contribution in [-0.4, -0.2) is 29.5 Å². The zero-order valence-electron chi connectivity index (χ0n) is 14.8. The molecule has 0 radical (unpaired) electrons. The lowest BCUT2D eigenvalue weighted by molar-refractivity contribution is -0.136. The Morgan fingerprint density at radius 2 is 2.11 bits per heavy atom. The minimum absolute atomic E-state index is 0.0985. The van der Waals surface area contributed by atoms with Gasteiger partial charge in [-0.15, -0.1) is 11.8 Å². The van der Waals surface area contributed by atoms with Crippen molar-refractivity contribution in [3.63, 3.8) is 0 Å². The first-order chi connectivity index (χ1) is 13.1. The maximum absolute atomic E-state index is 11.1. The van der Waals surface area contributed by atoms with Crippen molar-refractivity contribution in [3.05, 3.63) is 59.2 Å². The average Bonchev–Trinajstić information content (AvgIpc) is 3.18. The molecule has 2 aromatic rings. The number of nitrogens with one attached hydrogen (secondary N) is 1. The van der Waals surface area contributed by atoms with Gasteiger partial charge in [-0.3, -0.25) is 10.1 Å². The molecule has 2 aromatic carbocycles. The number of benzene rings is 2. The predicted molar refractivity (Wildman–Crippen MR) is 103 cm³/mol. The molecule has 0 unspecified atom stereocenters. The van der Waals surface area contributed by atoms with Crippen molar-refractivity contribution in [2.45, 2.75) is 24.2 Å². The third kappa shape index (κ3) is 4.54. The largest absolute Gasteiger partial charge is 0.490 e. The van der Waals surface area contributed by atoms with Crippen LogP contribution in [0.1, 0.15) is 29.0 Å². The molecule has 0 aliphatic carbocycles. The van der Waals surface area contributed by atoms with E-state index >= 15 is 0 Å². The van der Waals surface area contributed by atoms with Crippen LogP contribution in [0.25, 0.3) is 0 Å². The summed E-state index contributed by atoms with van der Waals surface area (Å²) in [5.74, 6) is 0.382. The van der Waals surface area contributed by atoms with Gasteiger partial charge in [-0.1, -0.05) is 24.3 Å². The van der Waals surface area contributed by atoms with E-state index in [1.807, 2.05) is 43.3 Å². The highest BCUT2D eigenvalue weighted by Gasteiger charge is 2.31. The fourth-order valence-corrected chi connectivity index (χ4v) is 3.94. The maximum atomic E-state index is 11.1. The summed E-state index contributed by atoms with van der Waals surface area (Å²) < 4.78 is 11.6. The van der Waals surface area contributed by atoms with E-state index in [2.05, 4.69) is 11.4 Å². The van der Waals surface area contributed by atoms with Crippen LogP contribution < -0.4 is 14.8 Å². The molecule has 2 atom stereocenters. The Balaban J connectivity index is 1.76. The summed E-state index contributed by atoms with van der Waals surface area (Å²) in [5, 5.41) is 21.0. The second-order valence-electron chi connectivity index (χ2n) is 5.95. The molecular formula is C20H20N2O4S. The number of carboxylic acids is 1. The Morgan fingerprint density at radius 3 is 2.81 bits per heavy atom. The molecule has 1 aliphatic heterocycles. The van der Waals surface area contributed by atoms with Crippen molar-refractivity contribution in [1.29, 1.82) is 5.26 Å². The van der Waals surface area contributed by atoms with E-state index in [-0.39, 0.29) is 12.0 Å². The number of carbonyl (C=O) groups is 1. The standard InChI is InChI=1S/C20H20N2O4S/c1-2-25-17-9-13(19-22-11-18(27-19)20(23)24)7-8-16(17)26-12-15-6-4-3-5-14(15)10-21/h3-9,18-19,22H,2,11-12H2,1H3,(H,23,24)/t18-,19+/m1/s1. The fraction of sp³-hybridized carbons (Fsp3) is 0.300. The molecular weight excluding hydrogens is 364 g/mol. The van der Waals surface area contributed by atoms with E-state index in [1.165, 1.54) is 11.8 Å². The van der Waals surface area contributed by atoms with E-state index in [0.29, 0.717) is 30.2 Å². The summed E-state index contributed by atoms with van der Waals surface area (Å²) in [4.78, 5) is 11.1. The Kier molecular flexibility index (Phi) is 6.22. The smallest absolute Gasteiger partial charge is 0.318 e. The molecule has 0 aromatic heterocycles. The van der Waals surface area contributed by atoms with E-state index < -0.39 is 11.2 Å². The van der Waals surface area contributed by atoms with Gasteiger partial charge in [-0.05, 0) is 30.7 Å². The van der Waals surface area contributed by atoms with Crippen LogP contribution >= 0.6 is 11.8 Å². The zero-order chi connectivity index (χ0) is 19.2. The van der Waals surface area contributed by atoms with Crippen LogP contribution in [0, 0.1) is 11.3 Å². The van der Waals surface area contributed by atoms with Gasteiger partial charge < -0.3 is 14.6 Å². The molecule has 1 fully saturated rings. The monoisotopic (exact) mass is 384 g/mol. The van der Waals surface area contributed by atoms with Crippen molar-refractivity contribution in [2.75, 3.05) is 13.2 Å². The SMILES string of the molecule is CCOc1cc([C@H]2NC[C@H](C(=O)O)S2)ccc1OCc1ccccc1C#N. The molecule has 140 valence electrons. The second kappa shape index (κ2) is 8.80. The van der Waals surface area contributed by atoms with Gasteiger partial charge in [-0.2, -0.15) is 5.26 Å². The molecule has 1 heterocycles. The Labute approximate surface area is 162 Å². The quantitative estimate of drug-likeness (QED) is 0.756. The van der Waals surface area contributed by atoms with Crippen LogP contribution in [0.2, 0.25) is 0 Å². The summed E-state index contributed by atoms with van der Waals surface area (Å²) in [6.07, 6.45) is 0. The first-order valence-corrected chi connectivity index (χ1v) is 9.56. The maximum Gasteiger partial charge on any atom is 0.318 e. The number of hydrogen-bond donors (Lipinski definition) is 2. The fourth-order valence-electron chi connectivity index (χ4n) is 2.80. The molecule has 1 saturated heterocycles. The van der Waals surface area contributed by atoms with Gasteiger partial charge in [0.15, 0.2) is 11.5 Å². The van der Waals surface area contributed by atoms with Gasteiger partial charge in [0, 0.05) is 12.1 Å². The minimum atomic E-state index is -0.809. The number of ether oxygens (including phenoxy) is 2. The highest BCUT2D eigenvalue weighted by Crippen LogP contribution is 2.39. The Hall–Kier alpha value is -2.69. The van der Waals surface area contributed by atoms with Crippen molar-refractivity contribution >= 4 is 17.7 Å². The molecule has 27 heavy (non-hydrogen) atoms. The predicted octanol–water partition coefficient (Wildman–Crippen LogP) is 3.32. The molecule has 7 heteroatoms. The molecule has 0 spiro atoms. The minimum Gasteiger partial charge on any atom is -0.490 e. The van der Waals surface area contributed by atoms with Gasteiger partial charge in [0.05, 0.1) is 23.6 Å². The normalized spacial score (nSPS) is 18.7. The number of nitriles is 1. The van der Waals surface area contributed by atoms with Gasteiger partial charge >= 0.3 is 5.97 Å². The molecule has 3 rings (SSSR count). The summed E-state index contributed by atoms with van der Waals surface area (Å²) in [6.45, 7) is 3.07. The summed E-state index contributed by atoms with van der Waals surface area (Å²) in [7, 11) is 0. The molecule has 0 saturated carbocycles. The van der Waals surface area contributed by atoms with Crippen LogP contribution in [0.15, 0.2) is 42.5 Å². The van der Waals surface area contributed by atoms with Gasteiger partial charge in [0.2, 0.25) is 0 Å². The van der Waals surface area contributed by atoms with Gasteiger partial charge in [-0.25, -0.2) is 0 Å². The molecule has 1 aliphatic rings. The lowest BCUT2D eigenvalue weighted by Gasteiger charge is -2.16. The lowest BCUT2D eigenvalue weighted by Crippen LogP contribution is -2.21. The van der Waals surface area contributed by atoms with E-state index in [0.717, 1.165) is 11.1 Å². The van der Waals surface area contributed by atoms with Gasteiger partial charge in [0.1, 0.15) is 11.9 Å². The number of nitrogens with zero attached hydrogens (tertiary/aromatic N) is 1. The zero-order valence-corrected chi connectivity index (χ0v) is 15.7. The summed E-state index contributed by atoms with van der Waals surface area (Å²) >= 11 is 1.38. The summed E-state index contributed by atoms with van der Waals surface area (Å²) in [5.41, 5.74) is 2.33. The number of aliphatic carboxylic acids is 1. The third-order valence-corrected chi connectivity index (χ3v) is 5.56. The van der Waals surface area contributed by atoms with E-state index in [4.69, 9.17) is 14.6 Å². The third-order valence-electron chi connectivity index (χ3n) is 4.16. The van der Waals surface area contributed by atoms with Crippen molar-refractivity contribution in [3.8, 4) is 17.6 Å². The van der Waals surface area contributed by atoms with Crippen molar-refractivity contribution in [1.82, 2.24) is 5.32 Å². The second-order valence-corrected chi connectivity index (χ2v) is 7.26. The topological polar surface area (TPSA) is 91.6 Å². The number of carboxylic acid groups (broad SMARTS) is 1. The van der Waals surface area contributed by atoms with Crippen LogP contribution in [-0.2, 0) is 11.4 Å². The first-order valence-electron chi connectivity index (χ1n) is 8.61. The molecule has 2 N–H and O–H groups in total.